The number of thioether (sulfide) groups is 1. The highest BCUT2D eigenvalue weighted by atomic mass is 79.9. The van der Waals surface area contributed by atoms with Crippen LogP contribution in [0, 0.1) is 0 Å². The number of ether oxygens (including phenoxy) is 3. The molecule has 2 aliphatic heterocycles. The van der Waals surface area contributed by atoms with Crippen LogP contribution in [0.5, 0.6) is 17.2 Å². The Hall–Kier alpha value is -2.38. The van der Waals surface area contributed by atoms with Crippen LogP contribution in [0.3, 0.4) is 0 Å². The molecule has 0 fully saturated rings. The van der Waals surface area contributed by atoms with E-state index in [4.69, 9.17) is 19.2 Å². The van der Waals surface area contributed by atoms with Gasteiger partial charge >= 0.3 is 0 Å². The lowest BCUT2D eigenvalue weighted by Crippen LogP contribution is -2.30. The first-order valence-electron chi connectivity index (χ1n) is 9.04. The molecule has 0 N–H and O–H groups in total. The molecule has 0 saturated heterocycles. The van der Waals surface area contributed by atoms with Crippen molar-refractivity contribution in [3.63, 3.8) is 0 Å². The quantitative estimate of drug-likeness (QED) is 0.546. The van der Waals surface area contributed by atoms with Crippen molar-refractivity contribution < 1.29 is 14.2 Å². The molecule has 2 heterocycles. The number of benzene rings is 2. The van der Waals surface area contributed by atoms with Gasteiger partial charge in [-0.25, -0.2) is 4.99 Å². The Morgan fingerprint density at radius 2 is 1.79 bits per heavy atom. The van der Waals surface area contributed by atoms with Gasteiger partial charge in [-0.2, -0.15) is 0 Å². The largest absolute Gasteiger partial charge is 0.497 e. The van der Waals surface area contributed by atoms with Gasteiger partial charge < -0.3 is 19.1 Å². The zero-order valence-electron chi connectivity index (χ0n) is 16.6. The molecule has 4 rings (SSSR count). The number of hydrogen-bond donors (Lipinski definition) is 0. The monoisotopic (exact) mass is 472 g/mol. The molecule has 29 heavy (non-hydrogen) atoms. The summed E-state index contributed by atoms with van der Waals surface area (Å²) in [6, 6.07) is 12.0. The molecule has 1 atom stereocenters. The highest BCUT2D eigenvalue weighted by Gasteiger charge is 2.33. The number of rotatable bonds is 5. The second-order valence-electron chi connectivity index (χ2n) is 6.60. The van der Waals surface area contributed by atoms with Gasteiger partial charge in [0.1, 0.15) is 5.75 Å². The first kappa shape index (κ1) is 19.9. The van der Waals surface area contributed by atoms with Gasteiger partial charge in [-0.05, 0) is 54.3 Å². The number of nitrogens with zero attached hydrogens (tertiary/aromatic N) is 2. The zero-order chi connectivity index (χ0) is 20.5. The van der Waals surface area contributed by atoms with Crippen molar-refractivity contribution in [2.24, 2.45) is 4.99 Å². The van der Waals surface area contributed by atoms with E-state index in [0.29, 0.717) is 11.5 Å². The summed E-state index contributed by atoms with van der Waals surface area (Å²) in [7, 11) is 4.95. The Morgan fingerprint density at radius 3 is 2.48 bits per heavy atom. The molecule has 0 radical (unpaired) electrons. The normalized spacial score (nSPS) is 17.9. The van der Waals surface area contributed by atoms with Gasteiger partial charge in [-0.3, -0.25) is 0 Å². The van der Waals surface area contributed by atoms with Gasteiger partial charge in [0.15, 0.2) is 16.7 Å². The van der Waals surface area contributed by atoms with Crippen LogP contribution >= 0.6 is 27.7 Å². The van der Waals surface area contributed by atoms with E-state index < -0.39 is 0 Å². The van der Waals surface area contributed by atoms with E-state index in [1.54, 1.807) is 33.1 Å². The second kappa shape index (κ2) is 8.16. The van der Waals surface area contributed by atoms with Gasteiger partial charge in [0.2, 0.25) is 0 Å². The van der Waals surface area contributed by atoms with Gasteiger partial charge in [-0.1, -0.05) is 33.8 Å². The molecule has 2 aliphatic rings. The summed E-state index contributed by atoms with van der Waals surface area (Å²) in [4.78, 5) is 7.16. The molecule has 150 valence electrons. The van der Waals surface area contributed by atoms with Crippen LogP contribution in [0.4, 0.5) is 0 Å². The first-order valence-corrected chi connectivity index (χ1v) is 10.7. The fraction of sp³-hybridized carbons (Fsp3) is 0.227. The Bertz CT molecular complexity index is 1050. The molecule has 0 aromatic heterocycles. The van der Waals surface area contributed by atoms with Crippen LogP contribution in [0.25, 0.3) is 5.70 Å². The number of methoxy groups -OCH3 is 3. The summed E-state index contributed by atoms with van der Waals surface area (Å²) >= 11 is 5.36. The van der Waals surface area contributed by atoms with Crippen LogP contribution < -0.4 is 14.2 Å². The van der Waals surface area contributed by atoms with Crippen LogP contribution in [0.15, 0.2) is 63.0 Å². The average molecular weight is 473 g/mol. The fourth-order valence-corrected chi connectivity index (χ4v) is 4.95. The van der Waals surface area contributed by atoms with Crippen molar-refractivity contribution in [1.29, 1.82) is 0 Å². The van der Waals surface area contributed by atoms with Crippen molar-refractivity contribution >= 4 is 38.6 Å². The lowest BCUT2D eigenvalue weighted by molar-refractivity contribution is 0.355. The summed E-state index contributed by atoms with van der Waals surface area (Å²) < 4.78 is 17.2. The minimum atomic E-state index is 0.0112. The highest BCUT2D eigenvalue weighted by molar-refractivity contribution is 9.10. The van der Waals surface area contributed by atoms with Gasteiger partial charge in [0.05, 0.1) is 33.1 Å². The summed E-state index contributed by atoms with van der Waals surface area (Å²) in [5.74, 6) is 2.20. The lowest BCUT2D eigenvalue weighted by Gasteiger charge is -2.33. The molecule has 0 amide bonds. The van der Waals surface area contributed by atoms with Crippen molar-refractivity contribution in [2.45, 2.75) is 13.0 Å². The Labute approximate surface area is 183 Å². The van der Waals surface area contributed by atoms with Crippen LogP contribution in [-0.4, -0.2) is 31.4 Å². The maximum absolute atomic E-state index is 5.48. The standard InChI is InChI=1S/C22H21BrN2O3S/c1-13-12-29-22-24-18(14-5-8-20(27-3)21(9-14)28-4)11-19(25(13)22)16-7-6-15(26-2)10-17(16)23/h5-12,19H,1-4H3. The molecular formula is C22H21BrN2O3S. The minimum Gasteiger partial charge on any atom is -0.497 e. The SMILES string of the molecule is COc1ccc(C2C=C(c3ccc(OC)c(OC)c3)N=C3SC=C(C)N32)c(Br)c1. The average Bonchev–Trinajstić information content (AvgIpc) is 3.13. The lowest BCUT2D eigenvalue weighted by atomic mass is 10.00. The van der Waals surface area contributed by atoms with Crippen LogP contribution in [0.2, 0.25) is 0 Å². The number of hydrogen-bond acceptors (Lipinski definition) is 6. The van der Waals surface area contributed by atoms with E-state index in [2.05, 4.69) is 45.3 Å². The maximum Gasteiger partial charge on any atom is 0.173 e. The number of halogens is 1. The van der Waals surface area contributed by atoms with E-state index >= 15 is 0 Å². The molecule has 0 saturated carbocycles. The summed E-state index contributed by atoms with van der Waals surface area (Å²) in [6.07, 6.45) is 2.18. The molecule has 7 heteroatoms. The van der Waals surface area contributed by atoms with Gasteiger partial charge in [-0.15, -0.1) is 0 Å². The third-order valence-corrected chi connectivity index (χ3v) is 6.58. The molecule has 1 unspecified atom stereocenters. The van der Waals surface area contributed by atoms with E-state index in [9.17, 15) is 0 Å². The Morgan fingerprint density at radius 1 is 1.00 bits per heavy atom. The predicted molar refractivity (Wildman–Crippen MR) is 122 cm³/mol. The predicted octanol–water partition coefficient (Wildman–Crippen LogP) is 5.84. The van der Waals surface area contributed by atoms with Crippen molar-refractivity contribution in [3.05, 3.63) is 69.2 Å². The summed E-state index contributed by atoms with van der Waals surface area (Å²) in [5, 5.41) is 3.09. The Balaban J connectivity index is 1.81. The van der Waals surface area contributed by atoms with E-state index in [1.807, 2.05) is 30.3 Å². The molecule has 2 aromatic carbocycles. The second-order valence-corrected chi connectivity index (χ2v) is 8.29. The smallest absolute Gasteiger partial charge is 0.173 e. The summed E-state index contributed by atoms with van der Waals surface area (Å²) in [6.45, 7) is 2.11. The van der Waals surface area contributed by atoms with E-state index in [1.165, 1.54) is 5.70 Å². The number of aliphatic imine (C=N–C) groups is 1. The zero-order valence-corrected chi connectivity index (χ0v) is 19.0. The number of allylic oxidation sites excluding steroid dienone is 1. The molecule has 0 aliphatic carbocycles. The molecule has 0 spiro atoms. The third-order valence-electron chi connectivity index (χ3n) is 4.94. The van der Waals surface area contributed by atoms with Gasteiger partial charge in [0, 0.05) is 15.7 Å². The molecule has 5 nitrogen and oxygen atoms in total. The maximum atomic E-state index is 5.48. The Kier molecular flexibility index (Phi) is 5.61. The summed E-state index contributed by atoms with van der Waals surface area (Å²) in [5.41, 5.74) is 4.20. The topological polar surface area (TPSA) is 43.3 Å². The van der Waals surface area contributed by atoms with E-state index in [-0.39, 0.29) is 6.04 Å². The van der Waals surface area contributed by atoms with Crippen LogP contribution in [0.1, 0.15) is 24.1 Å². The molecular weight excluding hydrogens is 452 g/mol. The van der Waals surface area contributed by atoms with Crippen LogP contribution in [-0.2, 0) is 0 Å². The fourth-order valence-electron chi connectivity index (χ4n) is 3.45. The van der Waals surface area contributed by atoms with Crippen molar-refractivity contribution in [2.75, 3.05) is 21.3 Å². The molecule has 2 aromatic rings. The van der Waals surface area contributed by atoms with Crippen molar-refractivity contribution in [3.8, 4) is 17.2 Å². The number of amidine groups is 1. The molecule has 0 bridgehead atoms. The van der Waals surface area contributed by atoms with Crippen molar-refractivity contribution in [1.82, 2.24) is 4.90 Å². The first-order chi connectivity index (χ1) is 14.0. The highest BCUT2D eigenvalue weighted by Crippen LogP contribution is 2.44. The van der Waals surface area contributed by atoms with E-state index in [0.717, 1.165) is 32.2 Å². The third kappa shape index (κ3) is 3.65. The van der Waals surface area contributed by atoms with Gasteiger partial charge in [0.25, 0.3) is 0 Å². The minimum absolute atomic E-state index is 0.0112. The number of fused-ring (bicyclic) bond motifs is 1.